The van der Waals surface area contributed by atoms with Gasteiger partial charge in [-0.05, 0) is 19.1 Å². The average Bonchev–Trinajstić information content (AvgIpc) is 3.02. The summed E-state index contributed by atoms with van der Waals surface area (Å²) in [5, 5.41) is 6.27. The van der Waals surface area contributed by atoms with Gasteiger partial charge in [0.05, 0.1) is 17.4 Å². The summed E-state index contributed by atoms with van der Waals surface area (Å²) in [5.41, 5.74) is -0.757. The molecule has 8 heteroatoms. The normalized spacial score (nSPS) is 13.9. The number of benzene rings is 1. The first-order valence-corrected chi connectivity index (χ1v) is 6.37. The number of aromatic nitrogens is 2. The van der Waals surface area contributed by atoms with Gasteiger partial charge in [-0.2, -0.15) is 18.3 Å². The Bertz CT molecular complexity index is 793. The number of amides is 1. The summed E-state index contributed by atoms with van der Waals surface area (Å²) in [7, 11) is 0. The maximum absolute atomic E-state index is 13.3. The molecule has 1 aliphatic heterocycles. The molecule has 1 aromatic heterocycles. The minimum atomic E-state index is -4.74. The molecule has 0 radical (unpaired) electrons. The van der Waals surface area contributed by atoms with Gasteiger partial charge in [0.15, 0.2) is 11.5 Å². The summed E-state index contributed by atoms with van der Waals surface area (Å²) in [6, 6.07) is 4.45. The average molecular weight is 309 g/mol. The second kappa shape index (κ2) is 4.69. The molecule has 1 aromatic carbocycles. The number of hydrogen-bond donors (Lipinski definition) is 1. The zero-order chi connectivity index (χ0) is 16.1. The van der Waals surface area contributed by atoms with Gasteiger partial charge in [-0.3, -0.25) is 9.59 Å². The summed E-state index contributed by atoms with van der Waals surface area (Å²) in [4.78, 5) is 23.1. The Kier molecular flexibility index (Phi) is 3.05. The van der Waals surface area contributed by atoms with Gasteiger partial charge in [-0.15, -0.1) is 0 Å². The van der Waals surface area contributed by atoms with Gasteiger partial charge in [0, 0.05) is 17.7 Å². The van der Waals surface area contributed by atoms with Crippen LogP contribution in [0.5, 0.6) is 0 Å². The fourth-order valence-corrected chi connectivity index (χ4v) is 2.50. The quantitative estimate of drug-likeness (QED) is 0.866. The Hall–Kier alpha value is -2.64. The molecule has 1 N–H and O–H groups in total. The van der Waals surface area contributed by atoms with Gasteiger partial charge in [-0.1, -0.05) is 6.07 Å². The first-order valence-electron chi connectivity index (χ1n) is 6.37. The van der Waals surface area contributed by atoms with Crippen molar-refractivity contribution in [2.24, 2.45) is 0 Å². The lowest BCUT2D eigenvalue weighted by molar-refractivity contribution is -0.143. The lowest BCUT2D eigenvalue weighted by atomic mass is 10.1. The van der Waals surface area contributed by atoms with Gasteiger partial charge in [0.1, 0.15) is 0 Å². The van der Waals surface area contributed by atoms with E-state index in [9.17, 15) is 22.8 Å². The minimum absolute atomic E-state index is 0.122. The van der Waals surface area contributed by atoms with E-state index in [1.165, 1.54) is 18.2 Å². The summed E-state index contributed by atoms with van der Waals surface area (Å²) in [5.74, 6) is -1.07. The van der Waals surface area contributed by atoms with Crippen LogP contribution in [-0.2, 0) is 12.7 Å². The molecule has 0 fully saturated rings. The third kappa shape index (κ3) is 2.07. The van der Waals surface area contributed by atoms with Crippen LogP contribution in [0.4, 0.5) is 13.2 Å². The Morgan fingerprint density at radius 2 is 2.09 bits per heavy atom. The van der Waals surface area contributed by atoms with Crippen molar-refractivity contribution in [3.05, 3.63) is 46.8 Å². The van der Waals surface area contributed by atoms with E-state index in [-0.39, 0.29) is 18.1 Å². The Morgan fingerprint density at radius 3 is 2.73 bits per heavy atom. The number of halogens is 3. The van der Waals surface area contributed by atoms with Gasteiger partial charge < -0.3 is 5.32 Å². The number of hydrogen-bond acceptors (Lipinski definition) is 3. The predicted molar refractivity (Wildman–Crippen MR) is 69.7 cm³/mol. The maximum atomic E-state index is 13.3. The molecule has 0 spiro atoms. The molecule has 0 atom stereocenters. The number of Topliss-reactive ketones (excluding diaryl/α,β-unsaturated/α-hetero) is 1. The van der Waals surface area contributed by atoms with Crippen molar-refractivity contribution in [1.29, 1.82) is 0 Å². The monoisotopic (exact) mass is 309 g/mol. The first-order chi connectivity index (χ1) is 10.3. The zero-order valence-corrected chi connectivity index (χ0v) is 11.4. The van der Waals surface area contributed by atoms with Crippen LogP contribution in [0.1, 0.15) is 38.9 Å². The van der Waals surface area contributed by atoms with Crippen LogP contribution in [-0.4, -0.2) is 21.5 Å². The second-order valence-electron chi connectivity index (χ2n) is 4.86. The molecule has 0 bridgehead atoms. The highest BCUT2D eigenvalue weighted by atomic mass is 19.4. The molecule has 2 aromatic rings. The molecule has 22 heavy (non-hydrogen) atoms. The van der Waals surface area contributed by atoms with Crippen LogP contribution in [0.15, 0.2) is 24.4 Å². The zero-order valence-electron chi connectivity index (χ0n) is 11.4. The van der Waals surface area contributed by atoms with Crippen LogP contribution < -0.4 is 5.32 Å². The number of nitrogens with zero attached hydrogens (tertiary/aromatic N) is 2. The van der Waals surface area contributed by atoms with Gasteiger partial charge in [0.25, 0.3) is 5.91 Å². The number of alkyl halides is 3. The van der Waals surface area contributed by atoms with E-state index in [4.69, 9.17) is 0 Å². The molecule has 0 unspecified atom stereocenters. The lowest BCUT2D eigenvalue weighted by Gasteiger charge is -2.14. The smallest absolute Gasteiger partial charge is 0.348 e. The molecule has 0 aliphatic carbocycles. The third-order valence-corrected chi connectivity index (χ3v) is 3.47. The van der Waals surface area contributed by atoms with E-state index >= 15 is 0 Å². The van der Waals surface area contributed by atoms with Gasteiger partial charge >= 0.3 is 6.18 Å². The van der Waals surface area contributed by atoms with Crippen molar-refractivity contribution >= 4 is 11.7 Å². The number of carbonyl (C=O) groups excluding carboxylic acids is 2. The van der Waals surface area contributed by atoms with E-state index in [0.29, 0.717) is 15.8 Å². The SMILES string of the molecule is CC(=O)c1cnn(-c2cccc3c2CNC3=O)c1C(F)(F)F. The molecule has 114 valence electrons. The van der Waals surface area contributed by atoms with E-state index in [2.05, 4.69) is 10.4 Å². The summed E-state index contributed by atoms with van der Waals surface area (Å²) in [6.45, 7) is 1.17. The van der Waals surface area contributed by atoms with Crippen molar-refractivity contribution in [3.63, 3.8) is 0 Å². The predicted octanol–water partition coefficient (Wildman–Crippen LogP) is 2.34. The fourth-order valence-electron chi connectivity index (χ4n) is 2.50. The van der Waals surface area contributed by atoms with Crippen LogP contribution in [0.3, 0.4) is 0 Å². The fraction of sp³-hybridized carbons (Fsp3) is 0.214. The minimum Gasteiger partial charge on any atom is -0.348 e. The molecule has 0 saturated heterocycles. The number of carbonyl (C=O) groups is 2. The van der Waals surface area contributed by atoms with E-state index in [1.807, 2.05) is 0 Å². The molecule has 0 saturated carbocycles. The maximum Gasteiger partial charge on any atom is 0.434 e. The topological polar surface area (TPSA) is 64.0 Å². The van der Waals surface area contributed by atoms with Crippen LogP contribution >= 0.6 is 0 Å². The van der Waals surface area contributed by atoms with Gasteiger partial charge in [-0.25, -0.2) is 4.68 Å². The standard InChI is InChI=1S/C14H10F3N3O2/c1-7(21)9-6-19-20(12(9)14(15,16)17)11-4-2-3-8-10(11)5-18-13(8)22/h2-4,6H,5H2,1H3,(H,18,22). The van der Waals surface area contributed by atoms with Crippen molar-refractivity contribution in [2.75, 3.05) is 0 Å². The van der Waals surface area contributed by atoms with E-state index in [1.54, 1.807) is 0 Å². The molecule has 2 heterocycles. The van der Waals surface area contributed by atoms with Crippen molar-refractivity contribution in [2.45, 2.75) is 19.6 Å². The highest BCUT2D eigenvalue weighted by Crippen LogP contribution is 2.35. The van der Waals surface area contributed by atoms with Crippen molar-refractivity contribution in [3.8, 4) is 5.69 Å². The molecule has 1 aliphatic rings. The molecule has 5 nitrogen and oxygen atoms in total. The summed E-state index contributed by atoms with van der Waals surface area (Å²) >= 11 is 0. The second-order valence-corrected chi connectivity index (χ2v) is 4.86. The number of ketones is 1. The van der Waals surface area contributed by atoms with Crippen LogP contribution in [0.25, 0.3) is 5.69 Å². The molecule has 1 amide bonds. The van der Waals surface area contributed by atoms with Crippen molar-refractivity contribution < 1.29 is 22.8 Å². The highest BCUT2D eigenvalue weighted by molar-refractivity contribution is 5.99. The summed E-state index contributed by atoms with van der Waals surface area (Å²) in [6.07, 6.45) is -3.84. The third-order valence-electron chi connectivity index (χ3n) is 3.47. The Balaban J connectivity index is 2.27. The first kappa shape index (κ1) is 14.3. The van der Waals surface area contributed by atoms with Crippen LogP contribution in [0, 0.1) is 0 Å². The summed E-state index contributed by atoms with van der Waals surface area (Å²) < 4.78 is 40.6. The van der Waals surface area contributed by atoms with Crippen LogP contribution in [0.2, 0.25) is 0 Å². The molecular formula is C14H10F3N3O2. The number of nitrogens with one attached hydrogen (secondary N) is 1. The lowest BCUT2D eigenvalue weighted by Crippen LogP contribution is -2.17. The Morgan fingerprint density at radius 1 is 1.36 bits per heavy atom. The number of rotatable bonds is 2. The van der Waals surface area contributed by atoms with Gasteiger partial charge in [0.2, 0.25) is 0 Å². The largest absolute Gasteiger partial charge is 0.434 e. The number of fused-ring (bicyclic) bond motifs is 1. The van der Waals surface area contributed by atoms with Crippen molar-refractivity contribution in [1.82, 2.24) is 15.1 Å². The highest BCUT2D eigenvalue weighted by Gasteiger charge is 2.40. The molecule has 3 rings (SSSR count). The van der Waals surface area contributed by atoms with E-state index < -0.39 is 23.2 Å². The Labute approximate surface area is 122 Å². The molecular weight excluding hydrogens is 299 g/mol. The van der Waals surface area contributed by atoms with E-state index in [0.717, 1.165) is 13.1 Å².